The number of rotatable bonds is 4. The molecule has 0 fully saturated rings. The molecule has 6 heteroatoms. The van der Waals surface area contributed by atoms with Crippen LogP contribution in [0.1, 0.15) is 41.7 Å². The van der Waals surface area contributed by atoms with E-state index in [4.69, 9.17) is 21.3 Å². The van der Waals surface area contributed by atoms with Gasteiger partial charge in [-0.05, 0) is 61.1 Å². The van der Waals surface area contributed by atoms with Crippen molar-refractivity contribution in [3.63, 3.8) is 0 Å². The van der Waals surface area contributed by atoms with Crippen LogP contribution >= 0.6 is 22.9 Å². The Morgan fingerprint density at radius 2 is 2.00 bits per heavy atom. The summed E-state index contributed by atoms with van der Waals surface area (Å²) in [6.45, 7) is 2.61. The van der Waals surface area contributed by atoms with Gasteiger partial charge in [-0.2, -0.15) is 0 Å². The fourth-order valence-electron chi connectivity index (χ4n) is 4.12. The maximum Gasteiger partial charge on any atom is 0.260 e. The van der Waals surface area contributed by atoms with Gasteiger partial charge in [0, 0.05) is 21.0 Å². The number of benzene rings is 2. The average Bonchev–Trinajstić information content (AvgIpc) is 3.14. The predicted octanol–water partition coefficient (Wildman–Crippen LogP) is 6.32. The van der Waals surface area contributed by atoms with Crippen molar-refractivity contribution in [3.8, 4) is 17.1 Å². The van der Waals surface area contributed by atoms with Crippen molar-refractivity contribution in [1.82, 2.24) is 9.97 Å². The first-order valence-electron chi connectivity index (χ1n) is 10.1. The van der Waals surface area contributed by atoms with E-state index in [0.29, 0.717) is 23.4 Å². The first-order chi connectivity index (χ1) is 14.6. The summed E-state index contributed by atoms with van der Waals surface area (Å²) in [5.74, 6) is 1.75. The minimum atomic E-state index is -0.0414. The van der Waals surface area contributed by atoms with Crippen molar-refractivity contribution in [2.45, 2.75) is 38.7 Å². The van der Waals surface area contributed by atoms with Crippen molar-refractivity contribution < 1.29 is 4.74 Å². The first kappa shape index (κ1) is 19.3. The van der Waals surface area contributed by atoms with Crippen LogP contribution in [-0.4, -0.2) is 9.97 Å². The van der Waals surface area contributed by atoms with E-state index in [1.165, 1.54) is 16.9 Å². The zero-order chi connectivity index (χ0) is 20.7. The van der Waals surface area contributed by atoms with Crippen LogP contribution in [0.15, 0.2) is 53.3 Å². The molecule has 0 spiro atoms. The van der Waals surface area contributed by atoms with Crippen LogP contribution in [0.25, 0.3) is 21.6 Å². The SMILES string of the molecule is CC1CCCc2sc3nc(-c4ccc(OCc5ccccc5Cl)cc4)[nH]c(=O)c3c21. The zero-order valence-corrected chi connectivity index (χ0v) is 18.1. The van der Waals surface area contributed by atoms with Crippen LogP contribution in [-0.2, 0) is 13.0 Å². The highest BCUT2D eigenvalue weighted by atomic mass is 35.5. The Hall–Kier alpha value is -2.63. The molecular formula is C24H21ClN2O2S. The third kappa shape index (κ3) is 3.53. The monoisotopic (exact) mass is 436 g/mol. The van der Waals surface area contributed by atoms with Crippen molar-refractivity contribution >= 4 is 33.2 Å². The van der Waals surface area contributed by atoms with Gasteiger partial charge in [0.05, 0.1) is 5.39 Å². The van der Waals surface area contributed by atoms with Crippen LogP contribution in [0.3, 0.4) is 0 Å². The van der Waals surface area contributed by atoms with E-state index >= 15 is 0 Å². The van der Waals surface area contributed by atoms with E-state index in [0.717, 1.165) is 39.9 Å². The van der Waals surface area contributed by atoms with Gasteiger partial charge in [-0.3, -0.25) is 4.79 Å². The maximum absolute atomic E-state index is 12.9. The summed E-state index contributed by atoms with van der Waals surface area (Å²) in [7, 11) is 0. The predicted molar refractivity (Wildman–Crippen MR) is 123 cm³/mol. The fraction of sp³-hybridized carbons (Fsp3) is 0.250. The van der Waals surface area contributed by atoms with Gasteiger partial charge < -0.3 is 9.72 Å². The molecule has 0 aliphatic heterocycles. The lowest BCUT2D eigenvalue weighted by atomic mass is 9.88. The van der Waals surface area contributed by atoms with Gasteiger partial charge in [0.25, 0.3) is 5.56 Å². The summed E-state index contributed by atoms with van der Waals surface area (Å²) >= 11 is 7.85. The molecule has 1 aliphatic carbocycles. The van der Waals surface area contributed by atoms with E-state index < -0.39 is 0 Å². The van der Waals surface area contributed by atoms with Crippen molar-refractivity contribution in [3.05, 3.63) is 79.9 Å². The molecule has 2 aromatic carbocycles. The average molecular weight is 437 g/mol. The molecule has 0 amide bonds. The van der Waals surface area contributed by atoms with Crippen LogP contribution in [0.2, 0.25) is 5.02 Å². The van der Waals surface area contributed by atoms with Gasteiger partial charge in [0.1, 0.15) is 23.0 Å². The number of H-pyrrole nitrogens is 1. The number of ether oxygens (including phenoxy) is 1. The van der Waals surface area contributed by atoms with Gasteiger partial charge in [-0.25, -0.2) is 4.98 Å². The molecule has 1 atom stereocenters. The summed E-state index contributed by atoms with van der Waals surface area (Å²) in [5.41, 5.74) is 2.97. The highest BCUT2D eigenvalue weighted by molar-refractivity contribution is 7.18. The molecule has 0 saturated carbocycles. The maximum atomic E-state index is 12.9. The largest absolute Gasteiger partial charge is 0.489 e. The molecule has 0 bridgehead atoms. The molecule has 1 unspecified atom stereocenters. The summed E-state index contributed by atoms with van der Waals surface area (Å²) in [5, 5.41) is 1.47. The normalized spacial score (nSPS) is 15.9. The molecule has 1 N–H and O–H groups in total. The second kappa shape index (κ2) is 7.89. The minimum absolute atomic E-state index is 0.0414. The lowest BCUT2D eigenvalue weighted by Gasteiger charge is -2.18. The third-order valence-electron chi connectivity index (χ3n) is 5.69. The van der Waals surface area contributed by atoms with Crippen molar-refractivity contribution in [2.24, 2.45) is 0 Å². The smallest absolute Gasteiger partial charge is 0.260 e. The first-order valence-corrected chi connectivity index (χ1v) is 11.3. The van der Waals surface area contributed by atoms with E-state index in [1.807, 2.05) is 48.5 Å². The molecule has 5 rings (SSSR count). The Morgan fingerprint density at radius 1 is 1.20 bits per heavy atom. The molecule has 152 valence electrons. The number of aromatic amines is 1. The molecule has 4 nitrogen and oxygen atoms in total. The summed E-state index contributed by atoms with van der Waals surface area (Å²) in [6.07, 6.45) is 3.37. The summed E-state index contributed by atoms with van der Waals surface area (Å²) < 4.78 is 5.85. The van der Waals surface area contributed by atoms with Gasteiger partial charge >= 0.3 is 0 Å². The molecule has 30 heavy (non-hydrogen) atoms. The van der Waals surface area contributed by atoms with Gasteiger partial charge in [0.2, 0.25) is 0 Å². The Labute approximate surface area is 183 Å². The summed E-state index contributed by atoms with van der Waals surface area (Å²) in [6, 6.07) is 15.2. The number of fused-ring (bicyclic) bond motifs is 3. The topological polar surface area (TPSA) is 55.0 Å². The van der Waals surface area contributed by atoms with Gasteiger partial charge in [-0.1, -0.05) is 36.7 Å². The highest BCUT2D eigenvalue weighted by Gasteiger charge is 2.24. The van der Waals surface area contributed by atoms with Crippen LogP contribution in [0, 0.1) is 0 Å². The minimum Gasteiger partial charge on any atom is -0.489 e. The number of hydrogen-bond donors (Lipinski definition) is 1. The molecule has 4 aromatic rings. The van der Waals surface area contributed by atoms with E-state index in [2.05, 4.69) is 11.9 Å². The quantitative estimate of drug-likeness (QED) is 0.407. The van der Waals surface area contributed by atoms with Crippen LogP contribution < -0.4 is 10.3 Å². The molecule has 0 saturated heterocycles. The standard InChI is InChI=1S/C24H21ClN2O2S/c1-14-5-4-8-19-20(14)21-23(28)26-22(27-24(21)30-19)15-9-11-17(12-10-15)29-13-16-6-2-3-7-18(16)25/h2-3,6-7,9-12,14H,4-5,8,13H2,1H3,(H,26,27,28). The number of aryl methyl sites for hydroxylation is 1. The Morgan fingerprint density at radius 3 is 2.80 bits per heavy atom. The molecule has 2 aromatic heterocycles. The molecule has 2 heterocycles. The zero-order valence-electron chi connectivity index (χ0n) is 16.6. The number of halogens is 1. The fourth-order valence-corrected chi connectivity index (χ4v) is 5.64. The highest BCUT2D eigenvalue weighted by Crippen LogP contribution is 2.40. The van der Waals surface area contributed by atoms with E-state index in [9.17, 15) is 4.79 Å². The van der Waals surface area contributed by atoms with E-state index in [-0.39, 0.29) is 5.56 Å². The Kier molecular flexibility index (Phi) is 5.09. The van der Waals surface area contributed by atoms with Crippen molar-refractivity contribution in [1.29, 1.82) is 0 Å². The van der Waals surface area contributed by atoms with Crippen LogP contribution in [0.5, 0.6) is 5.75 Å². The number of hydrogen-bond acceptors (Lipinski definition) is 4. The second-order valence-corrected chi connectivity index (χ2v) is 9.22. The van der Waals surface area contributed by atoms with Gasteiger partial charge in [-0.15, -0.1) is 11.3 Å². The third-order valence-corrected chi connectivity index (χ3v) is 7.22. The van der Waals surface area contributed by atoms with Gasteiger partial charge in [0.15, 0.2) is 0 Å². The van der Waals surface area contributed by atoms with Crippen LogP contribution in [0.4, 0.5) is 0 Å². The Balaban J connectivity index is 1.42. The molecular weight excluding hydrogens is 416 g/mol. The Bertz CT molecular complexity index is 1280. The van der Waals surface area contributed by atoms with E-state index in [1.54, 1.807) is 11.3 Å². The number of aromatic nitrogens is 2. The van der Waals surface area contributed by atoms with Crippen molar-refractivity contribution in [2.75, 3.05) is 0 Å². The lowest BCUT2D eigenvalue weighted by Crippen LogP contribution is -2.12. The molecule has 0 radical (unpaired) electrons. The number of nitrogens with zero attached hydrogens (tertiary/aromatic N) is 1. The lowest BCUT2D eigenvalue weighted by molar-refractivity contribution is 0.306. The summed E-state index contributed by atoms with van der Waals surface area (Å²) in [4.78, 5) is 22.8. The number of nitrogens with one attached hydrogen (secondary N) is 1. The number of thiophene rings is 1. The second-order valence-electron chi connectivity index (χ2n) is 7.73. The molecule has 1 aliphatic rings.